The van der Waals surface area contributed by atoms with E-state index in [4.69, 9.17) is 9.97 Å². The summed E-state index contributed by atoms with van der Waals surface area (Å²) in [6, 6.07) is 17.7. The molecule has 2 aliphatic rings. The molecule has 39 heavy (non-hydrogen) atoms. The largest absolute Gasteiger partial charge is 0.355 e. The molecular weight excluding hydrogens is 476 g/mol. The van der Waals surface area contributed by atoms with Gasteiger partial charge in [0.1, 0.15) is 0 Å². The minimum Gasteiger partial charge on any atom is -0.355 e. The lowest BCUT2D eigenvalue weighted by Crippen LogP contribution is -1.89. The molecule has 4 nitrogen and oxygen atoms in total. The maximum atomic E-state index is 5.28. The van der Waals surface area contributed by atoms with Crippen molar-refractivity contribution in [2.75, 3.05) is 0 Å². The summed E-state index contributed by atoms with van der Waals surface area (Å²) in [5, 5.41) is 0. The third-order valence-electron chi connectivity index (χ3n) is 8.79. The SMILES string of the molecule is CCC1=C(CC)c2cc3c(CC)c(C)c(cc4nc(cc5[nH]c(cc1n2)c(CC)c5C)-c1ccccc1-4)n3C. The first kappa shape index (κ1) is 25.4. The Hall–Kier alpha value is -3.92. The first-order valence-electron chi connectivity index (χ1n) is 14.4. The summed E-state index contributed by atoms with van der Waals surface area (Å²) < 4.78 is 2.34. The number of nitrogens with one attached hydrogen (secondary N) is 1. The first-order valence-corrected chi connectivity index (χ1v) is 14.4. The average Bonchev–Trinajstić information content (AvgIpc) is 3.61. The van der Waals surface area contributed by atoms with E-state index in [9.17, 15) is 0 Å². The second-order valence-electron chi connectivity index (χ2n) is 10.7. The molecule has 0 amide bonds. The molecule has 1 N–H and O–H groups in total. The molecule has 198 valence electrons. The van der Waals surface area contributed by atoms with Crippen molar-refractivity contribution >= 4 is 33.2 Å². The van der Waals surface area contributed by atoms with Crippen molar-refractivity contribution in [2.24, 2.45) is 7.05 Å². The lowest BCUT2D eigenvalue weighted by Gasteiger charge is -2.04. The number of nitrogens with zero attached hydrogens (tertiary/aromatic N) is 3. The van der Waals surface area contributed by atoms with Crippen LogP contribution in [0.5, 0.6) is 0 Å². The van der Waals surface area contributed by atoms with Crippen LogP contribution in [0.4, 0.5) is 0 Å². The molecule has 0 atom stereocenters. The second-order valence-corrected chi connectivity index (χ2v) is 10.7. The van der Waals surface area contributed by atoms with E-state index < -0.39 is 0 Å². The van der Waals surface area contributed by atoms with Gasteiger partial charge in [-0.1, -0.05) is 52.0 Å². The average molecular weight is 515 g/mol. The summed E-state index contributed by atoms with van der Waals surface area (Å²) in [6.45, 7) is 13.5. The Morgan fingerprint density at radius 3 is 1.77 bits per heavy atom. The van der Waals surface area contributed by atoms with Crippen LogP contribution in [0.1, 0.15) is 74.2 Å². The van der Waals surface area contributed by atoms with Crippen LogP contribution in [-0.2, 0) is 19.9 Å². The zero-order valence-electron chi connectivity index (χ0n) is 24.3. The van der Waals surface area contributed by atoms with Crippen LogP contribution in [0.15, 0.2) is 48.5 Å². The van der Waals surface area contributed by atoms with Gasteiger partial charge in [-0.2, -0.15) is 0 Å². The fraction of sp³-hybridized carbons (Fsp3) is 0.314. The Kier molecular flexibility index (Phi) is 6.29. The Bertz CT molecular complexity index is 1830. The van der Waals surface area contributed by atoms with E-state index in [1.807, 2.05) is 0 Å². The maximum Gasteiger partial charge on any atom is 0.0737 e. The van der Waals surface area contributed by atoms with E-state index in [0.717, 1.165) is 59.5 Å². The topological polar surface area (TPSA) is 46.5 Å². The van der Waals surface area contributed by atoms with Gasteiger partial charge in [-0.25, -0.2) is 9.97 Å². The van der Waals surface area contributed by atoms with E-state index in [0.29, 0.717) is 0 Å². The molecule has 0 spiro atoms. The third kappa shape index (κ3) is 3.88. The molecule has 0 fully saturated rings. The lowest BCUT2D eigenvalue weighted by atomic mass is 10.00. The lowest BCUT2D eigenvalue weighted by molar-refractivity contribution is 1.00. The highest BCUT2D eigenvalue weighted by Crippen LogP contribution is 2.39. The van der Waals surface area contributed by atoms with E-state index in [1.165, 1.54) is 55.6 Å². The van der Waals surface area contributed by atoms with Crippen LogP contribution in [0.2, 0.25) is 0 Å². The Morgan fingerprint density at radius 2 is 1.15 bits per heavy atom. The van der Waals surface area contributed by atoms with Crippen molar-refractivity contribution in [2.45, 2.75) is 67.2 Å². The van der Waals surface area contributed by atoms with E-state index in [-0.39, 0.29) is 0 Å². The van der Waals surface area contributed by atoms with Crippen molar-refractivity contribution in [3.63, 3.8) is 0 Å². The molecule has 0 saturated heterocycles. The van der Waals surface area contributed by atoms with Crippen LogP contribution >= 0.6 is 0 Å². The summed E-state index contributed by atoms with van der Waals surface area (Å²) in [7, 11) is 2.18. The number of fused-ring (bicyclic) bond motifs is 11. The molecule has 3 aromatic heterocycles. The van der Waals surface area contributed by atoms with E-state index in [2.05, 4.69) is 107 Å². The number of allylic oxidation sites excluding steroid dienone is 2. The molecule has 0 aliphatic carbocycles. The second kappa shape index (κ2) is 9.68. The van der Waals surface area contributed by atoms with Gasteiger partial charge >= 0.3 is 0 Å². The van der Waals surface area contributed by atoms with Gasteiger partial charge in [-0.15, -0.1) is 0 Å². The fourth-order valence-corrected chi connectivity index (χ4v) is 6.70. The standard InChI is InChI=1S/C35H38N4/c1-8-22-20(5)28-16-31-26-14-12-13-15-27(26)33(38-31)18-34-21(6)23(9-2)35(39(34)7)19-32-25(11-4)24(10-3)30(37-32)17-29(22)36-28/h12-19,36H,8-11H2,1-7H3. The number of hydrogen-bond donors (Lipinski definition) is 1. The number of rotatable bonds is 4. The van der Waals surface area contributed by atoms with Crippen LogP contribution in [-0.4, -0.2) is 19.5 Å². The van der Waals surface area contributed by atoms with Gasteiger partial charge in [0.25, 0.3) is 0 Å². The van der Waals surface area contributed by atoms with E-state index in [1.54, 1.807) is 0 Å². The van der Waals surface area contributed by atoms with Gasteiger partial charge < -0.3 is 9.55 Å². The van der Waals surface area contributed by atoms with Gasteiger partial charge in [0.05, 0.1) is 22.8 Å². The summed E-state index contributed by atoms with van der Waals surface area (Å²) in [5.41, 5.74) is 19.4. The molecule has 6 rings (SSSR count). The highest BCUT2D eigenvalue weighted by atomic mass is 14.9. The molecule has 4 heteroatoms. The Labute approximate surface area is 231 Å². The molecule has 0 unspecified atom stereocenters. The molecular formula is C35H38N4. The number of aromatic nitrogens is 4. The van der Waals surface area contributed by atoms with Gasteiger partial charge in [-0.3, -0.25) is 0 Å². The van der Waals surface area contributed by atoms with Crippen molar-refractivity contribution in [3.8, 4) is 22.5 Å². The predicted octanol–water partition coefficient (Wildman–Crippen LogP) is 9.13. The van der Waals surface area contributed by atoms with Crippen molar-refractivity contribution < 1.29 is 0 Å². The summed E-state index contributed by atoms with van der Waals surface area (Å²) >= 11 is 0. The Morgan fingerprint density at radius 1 is 0.615 bits per heavy atom. The van der Waals surface area contributed by atoms with Crippen molar-refractivity contribution in [1.82, 2.24) is 19.5 Å². The third-order valence-corrected chi connectivity index (χ3v) is 8.79. The van der Waals surface area contributed by atoms with Gasteiger partial charge in [0.2, 0.25) is 0 Å². The number of benzene rings is 1. The van der Waals surface area contributed by atoms with Gasteiger partial charge in [0.15, 0.2) is 0 Å². The molecule has 0 saturated carbocycles. The number of hydrogen-bond acceptors (Lipinski definition) is 2. The van der Waals surface area contributed by atoms with Crippen LogP contribution in [0, 0.1) is 13.8 Å². The predicted molar refractivity (Wildman–Crippen MR) is 166 cm³/mol. The summed E-state index contributed by atoms with van der Waals surface area (Å²) in [5.74, 6) is 0. The number of H-pyrrole nitrogens is 1. The smallest absolute Gasteiger partial charge is 0.0737 e. The van der Waals surface area contributed by atoms with Crippen LogP contribution in [0.25, 0.3) is 55.7 Å². The molecule has 4 aromatic rings. The molecule has 0 radical (unpaired) electrons. The first-order chi connectivity index (χ1) is 18.9. The highest BCUT2D eigenvalue weighted by Gasteiger charge is 2.21. The quantitative estimate of drug-likeness (QED) is 0.260. The van der Waals surface area contributed by atoms with Crippen molar-refractivity contribution in [3.05, 3.63) is 82.2 Å². The molecule has 2 aliphatic heterocycles. The molecule has 5 heterocycles. The number of aryl methyl sites for hydroxylation is 5. The monoisotopic (exact) mass is 514 g/mol. The zero-order valence-corrected chi connectivity index (χ0v) is 24.3. The fourth-order valence-electron chi connectivity index (χ4n) is 6.70. The van der Waals surface area contributed by atoms with Crippen LogP contribution < -0.4 is 0 Å². The van der Waals surface area contributed by atoms with Gasteiger partial charge in [0, 0.05) is 40.2 Å². The van der Waals surface area contributed by atoms with Crippen molar-refractivity contribution in [1.29, 1.82) is 0 Å². The maximum absolute atomic E-state index is 5.28. The van der Waals surface area contributed by atoms with Crippen LogP contribution in [0.3, 0.4) is 0 Å². The summed E-state index contributed by atoms with van der Waals surface area (Å²) in [4.78, 5) is 14.2. The zero-order chi connectivity index (χ0) is 27.4. The normalized spacial score (nSPS) is 12.8. The minimum absolute atomic E-state index is 0.961. The number of aromatic amines is 1. The molecule has 8 bridgehead atoms. The Balaban J connectivity index is 1.85. The van der Waals surface area contributed by atoms with E-state index >= 15 is 0 Å². The highest BCUT2D eigenvalue weighted by molar-refractivity contribution is 5.94. The van der Waals surface area contributed by atoms with Gasteiger partial charge in [-0.05, 0) is 97.2 Å². The summed E-state index contributed by atoms with van der Waals surface area (Å²) in [6.07, 6.45) is 3.87. The minimum atomic E-state index is 0.961. The molecule has 1 aromatic carbocycles.